The molecule has 140 valence electrons. The molecule has 2 aromatic rings. The Kier molecular flexibility index (Phi) is 5.23. The summed E-state index contributed by atoms with van der Waals surface area (Å²) in [5, 5.41) is 3.00. The highest BCUT2D eigenvalue weighted by Crippen LogP contribution is 2.34. The maximum Gasteiger partial charge on any atom is 0.230 e. The summed E-state index contributed by atoms with van der Waals surface area (Å²) in [6.07, 6.45) is 5.23. The van der Waals surface area contributed by atoms with Crippen molar-refractivity contribution in [1.29, 1.82) is 0 Å². The molecule has 1 aliphatic heterocycles. The number of carbonyl (C=O) groups is 2. The normalized spacial score (nSPS) is 22.0. The third kappa shape index (κ3) is 3.90. The van der Waals surface area contributed by atoms with Crippen LogP contribution in [0, 0.1) is 11.8 Å². The first kappa shape index (κ1) is 17.8. The van der Waals surface area contributed by atoms with Gasteiger partial charge in [0.25, 0.3) is 0 Å². The van der Waals surface area contributed by atoms with Gasteiger partial charge in [0.2, 0.25) is 11.8 Å². The summed E-state index contributed by atoms with van der Waals surface area (Å²) >= 11 is 0. The van der Waals surface area contributed by atoms with Crippen molar-refractivity contribution >= 4 is 23.2 Å². The van der Waals surface area contributed by atoms with Gasteiger partial charge in [-0.05, 0) is 62.3 Å². The van der Waals surface area contributed by atoms with Crippen molar-refractivity contribution in [2.24, 2.45) is 11.8 Å². The molecule has 1 fully saturated rings. The van der Waals surface area contributed by atoms with Crippen LogP contribution in [0.25, 0.3) is 0 Å². The minimum Gasteiger partial charge on any atom is -0.326 e. The third-order valence-corrected chi connectivity index (χ3v) is 5.86. The van der Waals surface area contributed by atoms with Crippen LogP contribution in [-0.4, -0.2) is 18.4 Å². The molecular weight excluding hydrogens is 336 g/mol. The second-order valence-electron chi connectivity index (χ2n) is 7.63. The van der Waals surface area contributed by atoms with Crippen LogP contribution in [0.3, 0.4) is 0 Å². The molecule has 4 heteroatoms. The highest BCUT2D eigenvalue weighted by Gasteiger charge is 2.33. The quantitative estimate of drug-likeness (QED) is 0.879. The van der Waals surface area contributed by atoms with Crippen molar-refractivity contribution in [3.8, 4) is 0 Å². The van der Waals surface area contributed by atoms with Gasteiger partial charge in [-0.3, -0.25) is 9.59 Å². The van der Waals surface area contributed by atoms with Crippen molar-refractivity contribution in [2.45, 2.75) is 38.5 Å². The Bertz CT molecular complexity index is 810. The molecule has 2 amide bonds. The van der Waals surface area contributed by atoms with E-state index in [1.165, 1.54) is 5.56 Å². The van der Waals surface area contributed by atoms with Gasteiger partial charge in [-0.15, -0.1) is 0 Å². The van der Waals surface area contributed by atoms with Crippen molar-refractivity contribution < 1.29 is 9.59 Å². The summed E-state index contributed by atoms with van der Waals surface area (Å²) < 4.78 is 0. The second-order valence-corrected chi connectivity index (χ2v) is 7.63. The topological polar surface area (TPSA) is 49.4 Å². The Balaban J connectivity index is 1.35. The molecule has 0 aromatic heterocycles. The van der Waals surface area contributed by atoms with Crippen LogP contribution in [-0.2, 0) is 16.0 Å². The lowest BCUT2D eigenvalue weighted by molar-refractivity contribution is -0.126. The van der Waals surface area contributed by atoms with Gasteiger partial charge in [0, 0.05) is 29.8 Å². The summed E-state index contributed by atoms with van der Waals surface area (Å²) in [5.41, 5.74) is 3.19. The molecule has 1 N–H and O–H groups in total. The number of amides is 2. The molecule has 0 atom stereocenters. The number of carbonyl (C=O) groups excluding carboxylic acids is 2. The van der Waals surface area contributed by atoms with E-state index in [0.29, 0.717) is 0 Å². The van der Waals surface area contributed by atoms with Gasteiger partial charge in [0.1, 0.15) is 0 Å². The molecule has 0 bridgehead atoms. The Labute approximate surface area is 160 Å². The summed E-state index contributed by atoms with van der Waals surface area (Å²) in [6.45, 7) is 0.810. The van der Waals surface area contributed by atoms with Gasteiger partial charge in [0.05, 0.1) is 0 Å². The number of benzene rings is 2. The molecule has 0 unspecified atom stereocenters. The zero-order valence-corrected chi connectivity index (χ0v) is 15.6. The molecule has 1 aliphatic carbocycles. The summed E-state index contributed by atoms with van der Waals surface area (Å²) in [6, 6.07) is 17.8. The first-order valence-electron chi connectivity index (χ1n) is 9.97. The Morgan fingerprint density at radius 3 is 2.30 bits per heavy atom. The Morgan fingerprint density at radius 2 is 1.52 bits per heavy atom. The first-order valence-corrected chi connectivity index (χ1v) is 9.97. The van der Waals surface area contributed by atoms with Crippen molar-refractivity contribution in [1.82, 2.24) is 0 Å². The molecule has 2 aliphatic rings. The van der Waals surface area contributed by atoms with E-state index >= 15 is 0 Å². The van der Waals surface area contributed by atoms with Crippen molar-refractivity contribution in [3.63, 3.8) is 0 Å². The summed E-state index contributed by atoms with van der Waals surface area (Å²) in [7, 11) is 0. The number of fused-ring (bicyclic) bond motifs is 1. The predicted molar refractivity (Wildman–Crippen MR) is 108 cm³/mol. The third-order valence-electron chi connectivity index (χ3n) is 5.86. The molecule has 1 saturated carbocycles. The molecule has 0 saturated heterocycles. The number of para-hydroxylation sites is 2. The van der Waals surface area contributed by atoms with E-state index in [1.807, 2.05) is 47.4 Å². The molecule has 0 radical (unpaired) electrons. The maximum atomic E-state index is 13.1. The number of rotatable bonds is 3. The summed E-state index contributed by atoms with van der Waals surface area (Å²) in [5.74, 6) is 0.360. The van der Waals surface area contributed by atoms with E-state index in [4.69, 9.17) is 0 Å². The zero-order valence-electron chi connectivity index (χ0n) is 15.6. The number of nitrogens with zero attached hydrogens (tertiary/aromatic N) is 1. The van der Waals surface area contributed by atoms with E-state index < -0.39 is 0 Å². The molecule has 2 aromatic carbocycles. The molecular formula is C23H26N2O2. The molecule has 1 heterocycles. The largest absolute Gasteiger partial charge is 0.326 e. The standard InChI is InChI=1S/C23H26N2O2/c26-22(24-20-9-2-1-3-10-20)18-12-14-19(15-13-18)23(27)25-16-6-8-17-7-4-5-11-21(17)25/h1-5,7,9-11,18-19H,6,8,12-16H2,(H,24,26). The average Bonchev–Trinajstić information content (AvgIpc) is 2.73. The molecule has 4 nitrogen and oxygen atoms in total. The maximum absolute atomic E-state index is 13.1. The fraction of sp³-hybridized carbons (Fsp3) is 0.391. The fourth-order valence-electron chi connectivity index (χ4n) is 4.35. The average molecular weight is 362 g/mol. The lowest BCUT2D eigenvalue weighted by Gasteiger charge is -2.34. The highest BCUT2D eigenvalue weighted by atomic mass is 16.2. The zero-order chi connectivity index (χ0) is 18.6. The van der Waals surface area contributed by atoms with Gasteiger partial charge >= 0.3 is 0 Å². The van der Waals surface area contributed by atoms with Gasteiger partial charge in [-0.25, -0.2) is 0 Å². The molecule has 0 spiro atoms. The van der Waals surface area contributed by atoms with E-state index in [-0.39, 0.29) is 23.7 Å². The van der Waals surface area contributed by atoms with E-state index in [2.05, 4.69) is 17.4 Å². The van der Waals surface area contributed by atoms with Gasteiger partial charge in [0.15, 0.2) is 0 Å². The first-order chi connectivity index (χ1) is 13.2. The van der Waals surface area contributed by atoms with Crippen LogP contribution in [0.5, 0.6) is 0 Å². The highest BCUT2D eigenvalue weighted by molar-refractivity contribution is 5.97. The number of hydrogen-bond acceptors (Lipinski definition) is 2. The van der Waals surface area contributed by atoms with E-state index in [9.17, 15) is 9.59 Å². The minimum absolute atomic E-state index is 0.00268. The molecule has 27 heavy (non-hydrogen) atoms. The lowest BCUT2D eigenvalue weighted by atomic mass is 9.80. The lowest BCUT2D eigenvalue weighted by Crippen LogP contribution is -2.41. The smallest absolute Gasteiger partial charge is 0.230 e. The van der Waals surface area contributed by atoms with Crippen molar-refractivity contribution in [2.75, 3.05) is 16.8 Å². The predicted octanol–water partition coefficient (Wildman–Crippen LogP) is 4.41. The minimum atomic E-state index is 0.00268. The van der Waals surface area contributed by atoms with Crippen LogP contribution < -0.4 is 10.2 Å². The number of hydrogen-bond donors (Lipinski definition) is 1. The fourth-order valence-corrected chi connectivity index (χ4v) is 4.35. The number of aryl methyl sites for hydroxylation is 1. The number of nitrogens with one attached hydrogen (secondary N) is 1. The number of anilines is 2. The van der Waals surface area contributed by atoms with Crippen LogP contribution in [0.2, 0.25) is 0 Å². The van der Waals surface area contributed by atoms with Crippen LogP contribution in [0.15, 0.2) is 54.6 Å². The van der Waals surface area contributed by atoms with E-state index in [1.54, 1.807) is 0 Å². The van der Waals surface area contributed by atoms with Gasteiger partial charge in [-0.2, -0.15) is 0 Å². The van der Waals surface area contributed by atoms with E-state index in [0.717, 1.165) is 56.4 Å². The Morgan fingerprint density at radius 1 is 0.852 bits per heavy atom. The van der Waals surface area contributed by atoms with Crippen LogP contribution in [0.1, 0.15) is 37.7 Å². The van der Waals surface area contributed by atoms with Crippen molar-refractivity contribution in [3.05, 3.63) is 60.2 Å². The molecule has 4 rings (SSSR count). The SMILES string of the molecule is O=C(Nc1ccccc1)C1CCC(C(=O)N2CCCc3ccccc32)CC1. The van der Waals surface area contributed by atoms with Crippen LogP contribution >= 0.6 is 0 Å². The van der Waals surface area contributed by atoms with Gasteiger partial charge in [-0.1, -0.05) is 36.4 Å². The van der Waals surface area contributed by atoms with Crippen LogP contribution in [0.4, 0.5) is 11.4 Å². The van der Waals surface area contributed by atoms with Gasteiger partial charge < -0.3 is 10.2 Å². The monoisotopic (exact) mass is 362 g/mol. The Hall–Kier alpha value is -2.62. The summed E-state index contributed by atoms with van der Waals surface area (Å²) in [4.78, 5) is 27.6. The second kappa shape index (κ2) is 7.95.